The molecule has 0 fully saturated rings. The fourth-order valence-corrected chi connectivity index (χ4v) is 2.84. The van der Waals surface area contributed by atoms with Crippen molar-refractivity contribution >= 4 is 29.3 Å². The van der Waals surface area contributed by atoms with Crippen molar-refractivity contribution in [3.05, 3.63) is 56.1 Å². The van der Waals surface area contributed by atoms with E-state index in [1.807, 2.05) is 6.26 Å². The quantitative estimate of drug-likeness (QED) is 0.710. The molecule has 134 valence electrons. The lowest BCUT2D eigenvalue weighted by Gasteiger charge is -2.13. The Morgan fingerprint density at radius 1 is 1.32 bits per heavy atom. The van der Waals surface area contributed by atoms with Crippen LogP contribution in [-0.2, 0) is 22.6 Å². The number of aromatic nitrogens is 2. The number of methoxy groups -OCH3 is 1. The van der Waals surface area contributed by atoms with E-state index in [1.165, 1.54) is 43.3 Å². The summed E-state index contributed by atoms with van der Waals surface area (Å²) in [5, 5.41) is -0.223. The molecule has 1 heterocycles. The van der Waals surface area contributed by atoms with Crippen molar-refractivity contribution in [3.63, 3.8) is 0 Å². The van der Waals surface area contributed by atoms with Crippen LogP contribution < -0.4 is 11.2 Å². The van der Waals surface area contributed by atoms with Crippen LogP contribution >= 0.6 is 23.4 Å². The molecule has 0 radical (unpaired) electrons. The van der Waals surface area contributed by atoms with Crippen LogP contribution in [0.1, 0.15) is 0 Å². The highest BCUT2D eigenvalue weighted by Crippen LogP contribution is 2.27. The zero-order chi connectivity index (χ0) is 18.6. The van der Waals surface area contributed by atoms with Gasteiger partial charge in [-0.1, -0.05) is 23.7 Å². The number of hydrogen-bond donors (Lipinski definition) is 0. The zero-order valence-corrected chi connectivity index (χ0v) is 15.2. The smallest absolute Gasteiger partial charge is 0.331 e. The normalized spacial score (nSPS) is 10.7. The molecule has 0 atom stereocenters. The van der Waals surface area contributed by atoms with E-state index in [-0.39, 0.29) is 29.2 Å². The van der Waals surface area contributed by atoms with E-state index in [4.69, 9.17) is 11.6 Å². The number of thioether (sulfide) groups is 1. The lowest BCUT2D eigenvalue weighted by Crippen LogP contribution is -2.42. The summed E-state index contributed by atoms with van der Waals surface area (Å²) in [5.41, 5.74) is -1.04. The van der Waals surface area contributed by atoms with Crippen molar-refractivity contribution in [1.29, 1.82) is 0 Å². The first kappa shape index (κ1) is 19.3. The highest BCUT2D eigenvalue weighted by atomic mass is 35.5. The molecule has 0 bridgehead atoms. The first-order chi connectivity index (χ1) is 11.9. The second-order valence-electron chi connectivity index (χ2n) is 5.08. The van der Waals surface area contributed by atoms with Gasteiger partial charge in [0.05, 0.1) is 17.7 Å². The van der Waals surface area contributed by atoms with Crippen LogP contribution in [0.5, 0.6) is 0 Å². The summed E-state index contributed by atoms with van der Waals surface area (Å²) in [7, 11) is 1.20. The standard InChI is InChI=1S/C16H16ClFN2O4S/c1-24-13(21)9-19-8-11(10-4-3-5-12(18)14(10)17)15(22)20(16(19)23)6-7-25-2/h3-5,8H,6-7,9H2,1-2H3. The largest absolute Gasteiger partial charge is 0.468 e. The Labute approximate surface area is 152 Å². The molecular formula is C16H16ClFN2O4S. The third-order valence-corrected chi connectivity index (χ3v) is 4.50. The fraction of sp³-hybridized carbons (Fsp3) is 0.312. The molecule has 0 unspecified atom stereocenters. The number of carbonyl (C=O) groups is 1. The molecule has 0 spiro atoms. The molecule has 0 N–H and O–H groups in total. The number of ether oxygens (including phenoxy) is 1. The molecule has 0 aliphatic heterocycles. The van der Waals surface area contributed by atoms with Gasteiger partial charge in [-0.2, -0.15) is 11.8 Å². The number of esters is 1. The highest BCUT2D eigenvalue weighted by Gasteiger charge is 2.18. The second-order valence-corrected chi connectivity index (χ2v) is 6.44. The average molecular weight is 387 g/mol. The Bertz CT molecular complexity index is 910. The molecule has 1 aromatic carbocycles. The molecule has 9 heteroatoms. The van der Waals surface area contributed by atoms with Gasteiger partial charge in [0, 0.05) is 24.1 Å². The predicted molar refractivity (Wildman–Crippen MR) is 95.8 cm³/mol. The number of rotatable bonds is 6. The number of halogens is 2. The van der Waals surface area contributed by atoms with E-state index in [1.54, 1.807) is 0 Å². The summed E-state index contributed by atoms with van der Waals surface area (Å²) < 4.78 is 20.4. The number of hydrogen-bond acceptors (Lipinski definition) is 5. The minimum Gasteiger partial charge on any atom is -0.468 e. The molecule has 0 saturated carbocycles. The van der Waals surface area contributed by atoms with Gasteiger partial charge in [-0.15, -0.1) is 0 Å². The van der Waals surface area contributed by atoms with Crippen molar-refractivity contribution in [2.24, 2.45) is 0 Å². The number of benzene rings is 1. The lowest BCUT2D eigenvalue weighted by atomic mass is 10.1. The van der Waals surface area contributed by atoms with Gasteiger partial charge < -0.3 is 4.74 Å². The van der Waals surface area contributed by atoms with E-state index < -0.39 is 23.0 Å². The minimum absolute atomic E-state index is 0.0362. The van der Waals surface area contributed by atoms with Crippen LogP contribution in [0.25, 0.3) is 11.1 Å². The molecule has 0 amide bonds. The molecule has 0 aliphatic rings. The Kier molecular flexibility index (Phi) is 6.44. The summed E-state index contributed by atoms with van der Waals surface area (Å²) in [4.78, 5) is 36.7. The molecule has 0 saturated heterocycles. The Balaban J connectivity index is 2.72. The van der Waals surface area contributed by atoms with E-state index in [9.17, 15) is 18.8 Å². The first-order valence-corrected chi connectivity index (χ1v) is 9.02. The molecule has 2 aromatic rings. The van der Waals surface area contributed by atoms with Gasteiger partial charge in [0.15, 0.2) is 0 Å². The Hall–Kier alpha value is -2.06. The Morgan fingerprint density at radius 2 is 2.04 bits per heavy atom. The van der Waals surface area contributed by atoms with E-state index in [0.717, 1.165) is 9.13 Å². The summed E-state index contributed by atoms with van der Waals surface area (Å²) in [5.74, 6) is -0.804. The number of carbonyl (C=O) groups excluding carboxylic acids is 1. The van der Waals surface area contributed by atoms with Crippen LogP contribution in [0.3, 0.4) is 0 Å². The van der Waals surface area contributed by atoms with Gasteiger partial charge >= 0.3 is 11.7 Å². The van der Waals surface area contributed by atoms with Crippen LogP contribution in [0, 0.1) is 5.82 Å². The molecule has 6 nitrogen and oxygen atoms in total. The predicted octanol–water partition coefficient (Wildman–Crippen LogP) is 2.01. The van der Waals surface area contributed by atoms with Gasteiger partial charge in [0.2, 0.25) is 0 Å². The van der Waals surface area contributed by atoms with Gasteiger partial charge in [0.25, 0.3) is 5.56 Å². The maximum absolute atomic E-state index is 13.8. The molecular weight excluding hydrogens is 371 g/mol. The van der Waals surface area contributed by atoms with Crippen molar-refractivity contribution in [2.45, 2.75) is 13.1 Å². The summed E-state index contributed by atoms with van der Waals surface area (Å²) in [6, 6.07) is 4.06. The van der Waals surface area contributed by atoms with E-state index >= 15 is 0 Å². The lowest BCUT2D eigenvalue weighted by molar-refractivity contribution is -0.141. The second kappa shape index (κ2) is 8.35. The maximum Gasteiger partial charge on any atom is 0.331 e. The van der Waals surface area contributed by atoms with Gasteiger partial charge in [-0.05, 0) is 12.3 Å². The van der Waals surface area contributed by atoms with Gasteiger partial charge in [0.1, 0.15) is 12.4 Å². The number of nitrogens with zero attached hydrogens (tertiary/aromatic N) is 2. The van der Waals surface area contributed by atoms with Crippen LogP contribution in [0.15, 0.2) is 34.0 Å². The maximum atomic E-state index is 13.8. The van der Waals surface area contributed by atoms with Crippen molar-refractivity contribution in [1.82, 2.24) is 9.13 Å². The van der Waals surface area contributed by atoms with Crippen LogP contribution in [0.2, 0.25) is 5.02 Å². The average Bonchev–Trinajstić information content (AvgIpc) is 2.60. The molecule has 1 aromatic heterocycles. The zero-order valence-electron chi connectivity index (χ0n) is 13.6. The summed E-state index contributed by atoms with van der Waals surface area (Å²) in [6.45, 7) is -0.213. The van der Waals surface area contributed by atoms with Gasteiger partial charge in [-0.3, -0.25) is 18.7 Å². The van der Waals surface area contributed by atoms with Crippen molar-refractivity contribution in [2.75, 3.05) is 19.1 Å². The fourth-order valence-electron chi connectivity index (χ4n) is 2.25. The molecule has 25 heavy (non-hydrogen) atoms. The highest BCUT2D eigenvalue weighted by molar-refractivity contribution is 7.98. The molecule has 0 aliphatic carbocycles. The van der Waals surface area contributed by atoms with Crippen LogP contribution in [-0.4, -0.2) is 34.2 Å². The van der Waals surface area contributed by atoms with E-state index in [0.29, 0.717) is 5.75 Å². The van der Waals surface area contributed by atoms with Crippen LogP contribution in [0.4, 0.5) is 4.39 Å². The molecule has 2 rings (SSSR count). The topological polar surface area (TPSA) is 70.3 Å². The van der Waals surface area contributed by atoms with Gasteiger partial charge in [-0.25, -0.2) is 9.18 Å². The summed E-state index contributed by atoms with van der Waals surface area (Å²) in [6.07, 6.45) is 3.04. The minimum atomic E-state index is -0.681. The van der Waals surface area contributed by atoms with E-state index in [2.05, 4.69) is 4.74 Å². The third kappa shape index (κ3) is 4.13. The van der Waals surface area contributed by atoms with Crippen molar-refractivity contribution < 1.29 is 13.9 Å². The third-order valence-electron chi connectivity index (χ3n) is 3.52. The SMILES string of the molecule is COC(=O)Cn1cc(-c2cccc(F)c2Cl)c(=O)n(CCSC)c1=O. The Morgan fingerprint density at radius 3 is 2.68 bits per heavy atom. The summed E-state index contributed by atoms with van der Waals surface area (Å²) >= 11 is 7.44. The van der Waals surface area contributed by atoms with Crippen molar-refractivity contribution in [3.8, 4) is 11.1 Å². The monoisotopic (exact) mass is 386 g/mol. The first-order valence-electron chi connectivity index (χ1n) is 7.25.